The first-order valence-corrected chi connectivity index (χ1v) is 8.14. The summed E-state index contributed by atoms with van der Waals surface area (Å²) >= 11 is 3.31. The third kappa shape index (κ3) is 3.71. The summed E-state index contributed by atoms with van der Waals surface area (Å²) in [6, 6.07) is 0.427. The van der Waals surface area contributed by atoms with Crippen LogP contribution in [0.3, 0.4) is 0 Å². The summed E-state index contributed by atoms with van der Waals surface area (Å²) in [6.07, 6.45) is 9.14. The van der Waals surface area contributed by atoms with Gasteiger partial charge in [-0.25, -0.2) is 15.0 Å². The van der Waals surface area contributed by atoms with E-state index in [0.29, 0.717) is 18.5 Å². The molecule has 1 unspecified atom stereocenters. The van der Waals surface area contributed by atoms with E-state index in [9.17, 15) is 0 Å². The largest absolute Gasteiger partial charge is 0.463 e. The lowest BCUT2D eigenvalue weighted by atomic mass is 9.99. The van der Waals surface area contributed by atoms with E-state index in [1.54, 1.807) is 24.8 Å². The lowest BCUT2D eigenvalue weighted by molar-refractivity contribution is 0.213. The summed E-state index contributed by atoms with van der Waals surface area (Å²) in [5.41, 5.74) is 0.973. The molecule has 0 saturated carbocycles. The van der Waals surface area contributed by atoms with Crippen LogP contribution < -0.4 is 9.64 Å². The molecule has 0 N–H and O–H groups in total. The molecule has 0 aromatic carbocycles. The van der Waals surface area contributed by atoms with E-state index in [4.69, 9.17) is 4.74 Å². The average molecular weight is 364 g/mol. The minimum absolute atomic E-state index is 0.427. The summed E-state index contributed by atoms with van der Waals surface area (Å²) in [6.45, 7) is 4.57. The molecule has 0 spiro atoms. The minimum atomic E-state index is 0.427. The van der Waals surface area contributed by atoms with Crippen molar-refractivity contribution < 1.29 is 4.74 Å². The second-order valence-electron chi connectivity index (χ2n) is 5.41. The van der Waals surface area contributed by atoms with E-state index < -0.39 is 0 Å². The predicted molar refractivity (Wildman–Crippen MR) is 86.9 cm³/mol. The highest BCUT2D eigenvalue weighted by molar-refractivity contribution is 9.10. The Balaban J connectivity index is 1.59. The van der Waals surface area contributed by atoms with Crippen molar-refractivity contribution in [3.05, 3.63) is 35.0 Å². The van der Waals surface area contributed by atoms with E-state index in [1.165, 1.54) is 0 Å². The lowest BCUT2D eigenvalue weighted by Crippen LogP contribution is -2.38. The van der Waals surface area contributed by atoms with Crippen molar-refractivity contribution in [1.82, 2.24) is 19.9 Å². The van der Waals surface area contributed by atoms with Gasteiger partial charge in [0.15, 0.2) is 0 Å². The molecule has 3 heterocycles. The second kappa shape index (κ2) is 7.00. The number of hydrogen-bond acceptors (Lipinski definition) is 6. The normalized spacial score (nSPS) is 18.3. The predicted octanol–water partition coefficient (Wildman–Crippen LogP) is 2.63. The number of aryl methyl sites for hydroxylation is 1. The van der Waals surface area contributed by atoms with Crippen LogP contribution >= 0.6 is 15.9 Å². The van der Waals surface area contributed by atoms with Crippen LogP contribution in [0.15, 0.2) is 29.3 Å². The maximum Gasteiger partial charge on any atom is 0.316 e. The summed E-state index contributed by atoms with van der Waals surface area (Å²) in [4.78, 5) is 19.3. The number of hydrogen-bond donors (Lipinski definition) is 0. The van der Waals surface area contributed by atoms with Gasteiger partial charge in [0.2, 0.25) is 0 Å². The van der Waals surface area contributed by atoms with Crippen molar-refractivity contribution in [3.8, 4) is 6.01 Å². The van der Waals surface area contributed by atoms with E-state index in [2.05, 4.69) is 40.8 Å². The first-order valence-electron chi connectivity index (χ1n) is 7.35. The van der Waals surface area contributed by atoms with Crippen molar-refractivity contribution in [2.75, 3.05) is 24.6 Å². The maximum absolute atomic E-state index is 5.71. The van der Waals surface area contributed by atoms with Gasteiger partial charge in [-0.05, 0) is 35.7 Å². The molecule has 6 nitrogen and oxygen atoms in total. The van der Waals surface area contributed by atoms with Gasteiger partial charge in [0.1, 0.15) is 5.82 Å². The molecule has 2 aromatic rings. The molecular weight excluding hydrogens is 346 g/mol. The van der Waals surface area contributed by atoms with Crippen molar-refractivity contribution in [1.29, 1.82) is 0 Å². The first-order chi connectivity index (χ1) is 10.7. The molecule has 0 amide bonds. The molecule has 7 heteroatoms. The summed E-state index contributed by atoms with van der Waals surface area (Å²) in [7, 11) is 0. The Kier molecular flexibility index (Phi) is 4.82. The van der Waals surface area contributed by atoms with Crippen LogP contribution in [-0.2, 0) is 0 Å². The number of anilines is 1. The Morgan fingerprint density at radius 1 is 1.23 bits per heavy atom. The Bertz CT molecular complexity index is 622. The number of halogens is 1. The zero-order chi connectivity index (χ0) is 15.4. The molecule has 0 bridgehead atoms. The molecule has 3 rings (SSSR count). The van der Waals surface area contributed by atoms with Crippen LogP contribution in [0.5, 0.6) is 6.01 Å². The molecule has 1 aliphatic rings. The SMILES string of the molecule is Cc1nccnc1N1CCCC(COc2ncc(Br)cn2)C1. The van der Waals surface area contributed by atoms with E-state index in [-0.39, 0.29) is 0 Å². The zero-order valence-electron chi connectivity index (χ0n) is 12.4. The van der Waals surface area contributed by atoms with E-state index >= 15 is 0 Å². The van der Waals surface area contributed by atoms with Gasteiger partial charge >= 0.3 is 6.01 Å². The Morgan fingerprint density at radius 3 is 2.77 bits per heavy atom. The summed E-state index contributed by atoms with van der Waals surface area (Å²) in [5, 5.41) is 0. The van der Waals surface area contributed by atoms with Gasteiger partial charge in [0.05, 0.1) is 16.8 Å². The molecule has 1 aliphatic heterocycles. The number of rotatable bonds is 4. The molecule has 1 atom stereocenters. The van der Waals surface area contributed by atoms with Crippen LogP contribution in [0.2, 0.25) is 0 Å². The highest BCUT2D eigenvalue weighted by atomic mass is 79.9. The highest BCUT2D eigenvalue weighted by Gasteiger charge is 2.23. The maximum atomic E-state index is 5.71. The molecule has 116 valence electrons. The fourth-order valence-corrected chi connectivity index (χ4v) is 2.88. The second-order valence-corrected chi connectivity index (χ2v) is 6.33. The van der Waals surface area contributed by atoms with Gasteiger partial charge in [0, 0.05) is 43.8 Å². The van der Waals surface area contributed by atoms with Crippen LogP contribution in [0.4, 0.5) is 5.82 Å². The minimum Gasteiger partial charge on any atom is -0.463 e. The quantitative estimate of drug-likeness (QED) is 0.831. The third-order valence-corrected chi connectivity index (χ3v) is 4.13. The first kappa shape index (κ1) is 15.1. The summed E-state index contributed by atoms with van der Waals surface area (Å²) in [5.74, 6) is 1.43. The molecule has 0 aliphatic carbocycles. The Morgan fingerprint density at radius 2 is 2.00 bits per heavy atom. The molecular formula is C15H18BrN5O. The molecule has 0 radical (unpaired) electrons. The lowest BCUT2D eigenvalue weighted by Gasteiger charge is -2.33. The zero-order valence-corrected chi connectivity index (χ0v) is 14.0. The number of nitrogens with zero attached hydrogens (tertiary/aromatic N) is 5. The van der Waals surface area contributed by atoms with Crippen molar-refractivity contribution in [3.63, 3.8) is 0 Å². The van der Waals surface area contributed by atoms with Gasteiger partial charge in [-0.3, -0.25) is 4.98 Å². The fourth-order valence-electron chi connectivity index (χ4n) is 2.67. The average Bonchev–Trinajstić information content (AvgIpc) is 2.55. The van der Waals surface area contributed by atoms with Crippen LogP contribution in [0, 0.1) is 12.8 Å². The molecule has 22 heavy (non-hydrogen) atoms. The van der Waals surface area contributed by atoms with Gasteiger partial charge in [-0.15, -0.1) is 0 Å². The fraction of sp³-hybridized carbons (Fsp3) is 0.467. The van der Waals surface area contributed by atoms with Crippen LogP contribution in [-0.4, -0.2) is 39.6 Å². The Hall–Kier alpha value is -1.76. The van der Waals surface area contributed by atoms with E-state index in [0.717, 1.165) is 41.9 Å². The molecule has 2 aromatic heterocycles. The topological polar surface area (TPSA) is 64.0 Å². The van der Waals surface area contributed by atoms with Crippen LogP contribution in [0.25, 0.3) is 0 Å². The Labute approximate surface area is 138 Å². The standard InChI is InChI=1S/C15H18BrN5O/c1-11-14(18-5-4-17-11)21-6-2-3-12(9-21)10-22-15-19-7-13(16)8-20-15/h4-5,7-8,12H,2-3,6,9-10H2,1H3. The highest BCUT2D eigenvalue weighted by Crippen LogP contribution is 2.23. The molecule has 1 fully saturated rings. The monoisotopic (exact) mass is 363 g/mol. The van der Waals surface area contributed by atoms with Crippen molar-refractivity contribution >= 4 is 21.7 Å². The summed E-state index contributed by atoms with van der Waals surface area (Å²) < 4.78 is 6.56. The van der Waals surface area contributed by atoms with Gasteiger partial charge < -0.3 is 9.64 Å². The van der Waals surface area contributed by atoms with Crippen molar-refractivity contribution in [2.45, 2.75) is 19.8 Å². The number of aromatic nitrogens is 4. The smallest absolute Gasteiger partial charge is 0.316 e. The van der Waals surface area contributed by atoms with Gasteiger partial charge in [-0.2, -0.15) is 0 Å². The number of piperidine rings is 1. The van der Waals surface area contributed by atoms with Gasteiger partial charge in [0.25, 0.3) is 0 Å². The molecule has 1 saturated heterocycles. The van der Waals surface area contributed by atoms with E-state index in [1.807, 2.05) is 6.92 Å². The third-order valence-electron chi connectivity index (χ3n) is 3.72. The van der Waals surface area contributed by atoms with Gasteiger partial charge in [-0.1, -0.05) is 0 Å². The van der Waals surface area contributed by atoms with Crippen molar-refractivity contribution in [2.24, 2.45) is 5.92 Å². The van der Waals surface area contributed by atoms with Crippen LogP contribution in [0.1, 0.15) is 18.5 Å². The number of ether oxygens (including phenoxy) is 1.